The van der Waals surface area contributed by atoms with E-state index in [4.69, 9.17) is 31.3 Å². The monoisotopic (exact) mass is 345 g/mol. The number of fused-ring (bicyclic) bond motifs is 1. The number of piperidine rings is 1. The number of aromatic nitrogens is 3. The SMILES string of the molecule is [2H]c1nc(N(C([2H])([2H])[2H])[C@@]2([2H])C([2H])([2H])N(C(=O)C([2H])([2H])[N+]#[C-])C([2H])([2H])C([2H])([2H])C2([2H])C([2H])([2H])[2H])c2c([2H])c(C)n([2H])c2n1. The van der Waals surface area contributed by atoms with E-state index in [0.29, 0.717) is 4.98 Å². The van der Waals surface area contributed by atoms with E-state index < -0.39 is 96.5 Å². The Morgan fingerprint density at radius 1 is 1.83 bits per heavy atom. The zero-order chi connectivity index (χ0) is 33.9. The fourth-order valence-electron chi connectivity index (χ4n) is 1.88. The van der Waals surface area contributed by atoms with Crippen LogP contribution in [-0.2, 0) is 4.79 Å². The lowest BCUT2D eigenvalue weighted by Gasteiger charge is -2.41. The molecule has 0 bridgehead atoms. The van der Waals surface area contributed by atoms with E-state index >= 15 is 0 Å². The quantitative estimate of drug-likeness (QED) is 0.862. The number of likely N-dealkylation sites (tertiary alicyclic amines) is 1. The van der Waals surface area contributed by atoms with Gasteiger partial charge < -0.3 is 19.6 Å². The Morgan fingerprint density at radius 3 is 3.46 bits per heavy atom. The molecule has 1 unspecified atom stereocenters. The van der Waals surface area contributed by atoms with Crippen LogP contribution >= 0.6 is 0 Å². The van der Waals surface area contributed by atoms with Gasteiger partial charge in [0.05, 0.1) is 16.9 Å². The minimum absolute atomic E-state index is 0.269. The standard InChI is InChI=1S/C17H22N6O/c1-11-5-6-23(15(24)8-18-3)9-14(11)22(4)17-13-7-12(2)21-16(13)19-10-20-17/h7,10-11,14H,5-6,8-9H2,1-2,4H3,(H,19,20,21)/t11?,14-/m0/s1/i1D3,4D3,5D2,6D2,7D,8D2,9D2,10D,11D,14D/hD. The number of aromatic amines is 1. The lowest BCUT2D eigenvalue weighted by atomic mass is 9.92. The molecule has 3 heterocycles. The molecule has 0 spiro atoms. The highest BCUT2D eigenvalue weighted by Gasteiger charge is 2.33. The molecule has 1 aliphatic rings. The first-order valence-corrected chi connectivity index (χ1v) is 6.33. The third-order valence-electron chi connectivity index (χ3n) is 2.88. The van der Waals surface area contributed by atoms with Crippen molar-refractivity contribution in [1.29, 1.82) is 0 Å². The van der Waals surface area contributed by atoms with Gasteiger partial charge in [-0.25, -0.2) is 16.5 Å². The molecule has 2 aromatic heterocycles. The zero-order valence-electron chi connectivity index (χ0n) is 31.1. The van der Waals surface area contributed by atoms with Crippen molar-refractivity contribution in [2.75, 3.05) is 31.4 Å². The summed E-state index contributed by atoms with van der Waals surface area (Å²) in [5, 5.41) is -0.793. The molecule has 7 heteroatoms. The van der Waals surface area contributed by atoms with Gasteiger partial charge in [-0.15, -0.1) is 0 Å². The highest BCUT2D eigenvalue weighted by molar-refractivity contribution is 5.88. The molecule has 1 saturated heterocycles. The van der Waals surface area contributed by atoms with Gasteiger partial charge in [-0.05, 0) is 25.2 Å². The molecule has 0 radical (unpaired) electrons. The van der Waals surface area contributed by atoms with Crippen LogP contribution in [0.25, 0.3) is 15.9 Å². The van der Waals surface area contributed by atoms with E-state index in [2.05, 4.69) is 14.8 Å². The van der Waals surface area contributed by atoms with Crippen LogP contribution in [-0.4, -0.2) is 58.2 Å². The average Bonchev–Trinajstić information content (AvgIpc) is 3.04. The predicted molar refractivity (Wildman–Crippen MR) is 92.6 cm³/mol. The van der Waals surface area contributed by atoms with Crippen LogP contribution in [0.2, 0.25) is 1.41 Å². The molecule has 24 heavy (non-hydrogen) atoms. The molecule has 1 N–H and O–H groups in total. The third kappa shape index (κ3) is 2.92. The maximum Gasteiger partial charge on any atom is 0.302 e. The molecule has 0 aromatic carbocycles. The Bertz CT molecular complexity index is 1540. The van der Waals surface area contributed by atoms with Crippen LogP contribution in [0.15, 0.2) is 12.3 Å². The van der Waals surface area contributed by atoms with Crippen LogP contribution in [0, 0.1) is 19.4 Å². The van der Waals surface area contributed by atoms with Crippen molar-refractivity contribution in [2.45, 2.75) is 26.2 Å². The van der Waals surface area contributed by atoms with Crippen molar-refractivity contribution in [2.24, 2.45) is 5.89 Å². The second-order valence-electron chi connectivity index (χ2n) is 4.44. The number of carbonyl (C=O) groups is 1. The van der Waals surface area contributed by atoms with Gasteiger partial charge in [0.15, 0.2) is 1.41 Å². The maximum absolute atomic E-state index is 13.2. The second kappa shape index (κ2) is 6.48. The lowest BCUT2D eigenvalue weighted by Crippen LogP contribution is -2.53. The summed E-state index contributed by atoms with van der Waals surface area (Å²) >= 11 is 0. The number of rotatable bonds is 3. The smallest absolute Gasteiger partial charge is 0.302 e. The Hall–Kier alpha value is -2.62. The summed E-state index contributed by atoms with van der Waals surface area (Å²) < 4.78 is 158. The fourth-order valence-corrected chi connectivity index (χ4v) is 1.88. The van der Waals surface area contributed by atoms with Crippen molar-refractivity contribution >= 4 is 22.8 Å². The lowest BCUT2D eigenvalue weighted by molar-refractivity contribution is -0.130. The number of nitrogens with zero attached hydrogens (tertiary/aromatic N) is 5. The molecule has 1 aliphatic heterocycles. The van der Waals surface area contributed by atoms with E-state index in [0.717, 1.165) is 6.92 Å². The van der Waals surface area contributed by atoms with Gasteiger partial charge in [0, 0.05) is 40.7 Å². The largest absolute Gasteiger partial charge is 0.354 e. The fraction of sp³-hybridized carbons (Fsp3) is 0.529. The Morgan fingerprint density at radius 2 is 2.71 bits per heavy atom. The van der Waals surface area contributed by atoms with Crippen molar-refractivity contribution in [1.82, 2.24) is 19.8 Å². The highest BCUT2D eigenvalue weighted by Crippen LogP contribution is 2.29. The van der Waals surface area contributed by atoms with Crippen LogP contribution < -0.4 is 4.90 Å². The molecule has 2 atom stereocenters. The first kappa shape index (κ1) is 4.94. The summed E-state index contributed by atoms with van der Waals surface area (Å²) in [6, 6.07) is -5.33. The minimum Gasteiger partial charge on any atom is -0.354 e. The number of nitrogens with one attached hydrogen (secondary N) is 1. The number of hydrogen-bond donors (Lipinski definition) is 1. The third-order valence-corrected chi connectivity index (χ3v) is 2.88. The van der Waals surface area contributed by atoms with Gasteiger partial charge in [-0.1, -0.05) is 6.85 Å². The normalized spacial score (nSPS) is 46.5. The second-order valence-corrected chi connectivity index (χ2v) is 4.44. The molecule has 2 aromatic rings. The van der Waals surface area contributed by atoms with Gasteiger partial charge in [0.25, 0.3) is 6.50 Å². The molecule has 0 saturated carbocycles. The molecule has 1 amide bonds. The van der Waals surface area contributed by atoms with Crippen LogP contribution in [0.5, 0.6) is 0 Å². The number of hydrogen-bond acceptors (Lipinski definition) is 4. The number of amides is 1. The van der Waals surface area contributed by atoms with E-state index in [1.54, 1.807) is 0 Å². The van der Waals surface area contributed by atoms with Crippen molar-refractivity contribution in [3.8, 4) is 0 Å². The maximum atomic E-state index is 13.2. The first-order chi connectivity index (χ1) is 18.9. The van der Waals surface area contributed by atoms with Crippen LogP contribution in [0.3, 0.4) is 0 Å². The predicted octanol–water partition coefficient (Wildman–Crippen LogP) is 1.86. The Labute approximate surface area is 168 Å². The molecular weight excluding hydrogens is 304 g/mol. The van der Waals surface area contributed by atoms with Crippen LogP contribution in [0.1, 0.15) is 43.6 Å². The number of carbonyl (C=O) groups excluding carboxylic acids is 1. The van der Waals surface area contributed by atoms with Crippen LogP contribution in [0.4, 0.5) is 5.82 Å². The molecule has 3 rings (SSSR count). The topological polar surface area (TPSA) is 69.5 Å². The highest BCUT2D eigenvalue weighted by atomic mass is 16.2. The summed E-state index contributed by atoms with van der Waals surface area (Å²) in [6.45, 7) is -13.0. The van der Waals surface area contributed by atoms with Crippen molar-refractivity contribution in [3.63, 3.8) is 0 Å². The summed E-state index contributed by atoms with van der Waals surface area (Å²) in [6.07, 6.45) is -5.59. The van der Waals surface area contributed by atoms with Gasteiger partial charge >= 0.3 is 5.91 Å². The first-order valence-electron chi connectivity index (χ1n) is 15.8. The summed E-state index contributed by atoms with van der Waals surface area (Å²) in [4.78, 5) is 21.6. The van der Waals surface area contributed by atoms with Crippen molar-refractivity contribution in [3.05, 3.63) is 29.5 Å². The van der Waals surface area contributed by atoms with Gasteiger partial charge in [-0.2, -0.15) is 0 Å². The molecular formula is C17H22N6O. The van der Waals surface area contributed by atoms with E-state index in [9.17, 15) is 6.17 Å². The number of anilines is 1. The van der Waals surface area contributed by atoms with Gasteiger partial charge in [0.2, 0.25) is 0 Å². The summed E-state index contributed by atoms with van der Waals surface area (Å²) in [5.74, 6) is -8.37. The minimum atomic E-state index is -4.59. The summed E-state index contributed by atoms with van der Waals surface area (Å²) in [5.41, 5.74) is -0.944. The molecule has 7 nitrogen and oxygen atoms in total. The summed E-state index contributed by atoms with van der Waals surface area (Å²) in [7, 11) is 0. The molecule has 126 valence electrons. The zero-order valence-corrected chi connectivity index (χ0v) is 12.1. The number of H-pyrrole nitrogens is 1. The molecule has 0 aliphatic carbocycles. The number of likely N-dealkylation sites (N-methyl/N-ethyl adjacent to an activating group) is 1. The Balaban J connectivity index is 2.73. The Kier molecular flexibility index (Phi) is 1.33. The average molecular weight is 346 g/mol. The van der Waals surface area contributed by atoms with E-state index in [1.807, 2.05) is 0 Å². The van der Waals surface area contributed by atoms with E-state index in [-0.39, 0.29) is 5.69 Å². The van der Waals surface area contributed by atoms with Gasteiger partial charge in [0.1, 0.15) is 21.9 Å². The van der Waals surface area contributed by atoms with Crippen molar-refractivity contribution < 1.29 is 30.9 Å². The van der Waals surface area contributed by atoms with Gasteiger partial charge in [-0.3, -0.25) is 4.79 Å². The molecule has 1 fully saturated rings. The van der Waals surface area contributed by atoms with E-state index in [1.165, 1.54) is 0 Å².